The summed E-state index contributed by atoms with van der Waals surface area (Å²) < 4.78 is 0. The monoisotopic (exact) mass is 112 g/mol. The van der Waals surface area contributed by atoms with E-state index in [0.29, 0.717) is 5.92 Å². The Morgan fingerprint density at radius 2 is 2.50 bits per heavy atom. The van der Waals surface area contributed by atoms with Crippen molar-refractivity contribution in [3.63, 3.8) is 0 Å². The van der Waals surface area contributed by atoms with Crippen molar-refractivity contribution >= 4 is 0 Å². The lowest BCUT2D eigenvalue weighted by molar-refractivity contribution is 0.537. The fraction of sp³-hybridized carbons (Fsp3) is 0.667. The molecule has 8 heavy (non-hydrogen) atoms. The lowest BCUT2D eigenvalue weighted by Crippen LogP contribution is -2.27. The van der Waals surface area contributed by atoms with E-state index in [2.05, 4.69) is 18.3 Å². The van der Waals surface area contributed by atoms with E-state index in [-0.39, 0.29) is 0 Å². The van der Waals surface area contributed by atoms with Gasteiger partial charge in [-0.1, -0.05) is 6.92 Å². The highest BCUT2D eigenvalue weighted by atomic mass is 15.2. The highest BCUT2D eigenvalue weighted by molar-refractivity contribution is 4.85. The molecule has 3 N–H and O–H groups in total. The molecule has 0 rings (SSSR count). The maximum atomic E-state index is 5.04. The highest BCUT2D eigenvalue weighted by Crippen LogP contribution is 1.95. The van der Waals surface area contributed by atoms with Crippen molar-refractivity contribution in [1.82, 2.24) is 5.43 Å². The van der Waals surface area contributed by atoms with Crippen molar-refractivity contribution in [1.29, 1.82) is 0 Å². The third-order valence-electron chi connectivity index (χ3n) is 0.933. The predicted octanol–water partition coefficient (Wildman–Crippen LogP) is 0.109. The van der Waals surface area contributed by atoms with Gasteiger partial charge in [-0.15, -0.1) is 12.3 Å². The summed E-state index contributed by atoms with van der Waals surface area (Å²) in [5, 5.41) is 0. The van der Waals surface area contributed by atoms with Crippen molar-refractivity contribution in [2.24, 2.45) is 11.8 Å². The van der Waals surface area contributed by atoms with Gasteiger partial charge in [0.2, 0.25) is 0 Å². The van der Waals surface area contributed by atoms with Crippen LogP contribution in [-0.4, -0.2) is 6.54 Å². The number of nitrogens with two attached hydrogens (primary N) is 1. The zero-order chi connectivity index (χ0) is 6.41. The standard InChI is InChI=1S/C6H12N2/c1-3-4-6(2)5-8-7/h1,6,8H,4-5,7H2,2H3/t6-/m1/s1. The van der Waals surface area contributed by atoms with Gasteiger partial charge in [-0.3, -0.25) is 11.3 Å². The molecular formula is C6H12N2. The zero-order valence-corrected chi connectivity index (χ0v) is 5.15. The highest BCUT2D eigenvalue weighted by Gasteiger charge is 1.94. The van der Waals surface area contributed by atoms with Crippen LogP contribution in [-0.2, 0) is 0 Å². The lowest BCUT2D eigenvalue weighted by Gasteiger charge is -2.03. The summed E-state index contributed by atoms with van der Waals surface area (Å²) in [5.41, 5.74) is 2.56. The van der Waals surface area contributed by atoms with Gasteiger partial charge in [0, 0.05) is 13.0 Å². The number of hydrazine groups is 1. The zero-order valence-electron chi connectivity index (χ0n) is 5.15. The van der Waals surface area contributed by atoms with Crippen LogP contribution in [0.2, 0.25) is 0 Å². The molecule has 0 unspecified atom stereocenters. The minimum absolute atomic E-state index is 0.491. The summed E-state index contributed by atoms with van der Waals surface area (Å²) in [5.74, 6) is 8.09. The van der Waals surface area contributed by atoms with Crippen LogP contribution in [0.4, 0.5) is 0 Å². The molecule has 0 saturated heterocycles. The van der Waals surface area contributed by atoms with Gasteiger partial charge in [0.25, 0.3) is 0 Å². The summed E-state index contributed by atoms with van der Waals surface area (Å²) in [4.78, 5) is 0. The quantitative estimate of drug-likeness (QED) is 0.309. The molecule has 0 radical (unpaired) electrons. The molecule has 0 heterocycles. The van der Waals surface area contributed by atoms with Gasteiger partial charge in [-0.25, -0.2) is 0 Å². The first-order valence-corrected chi connectivity index (χ1v) is 2.68. The Morgan fingerprint density at radius 1 is 1.88 bits per heavy atom. The average molecular weight is 112 g/mol. The smallest absolute Gasteiger partial charge is 0.0132 e. The Balaban J connectivity index is 3.08. The van der Waals surface area contributed by atoms with Gasteiger partial charge in [0.15, 0.2) is 0 Å². The molecule has 0 aromatic carbocycles. The molecule has 0 spiro atoms. The van der Waals surface area contributed by atoms with Crippen LogP contribution in [0.3, 0.4) is 0 Å². The van der Waals surface area contributed by atoms with E-state index in [0.717, 1.165) is 13.0 Å². The second kappa shape index (κ2) is 4.63. The van der Waals surface area contributed by atoms with Gasteiger partial charge in [0.05, 0.1) is 0 Å². The predicted molar refractivity (Wildman–Crippen MR) is 34.8 cm³/mol. The number of rotatable bonds is 3. The molecule has 46 valence electrons. The Kier molecular flexibility index (Phi) is 4.33. The number of nitrogens with one attached hydrogen (secondary N) is 1. The molecule has 0 aliphatic rings. The second-order valence-electron chi connectivity index (χ2n) is 1.92. The summed E-state index contributed by atoms with van der Waals surface area (Å²) in [7, 11) is 0. The first-order chi connectivity index (χ1) is 3.81. The normalized spacial score (nSPS) is 12.6. The summed E-state index contributed by atoms with van der Waals surface area (Å²) in [6.45, 7) is 2.85. The van der Waals surface area contributed by atoms with Crippen molar-refractivity contribution < 1.29 is 0 Å². The van der Waals surface area contributed by atoms with E-state index in [4.69, 9.17) is 12.3 Å². The van der Waals surface area contributed by atoms with Crippen molar-refractivity contribution in [3.8, 4) is 12.3 Å². The molecule has 2 nitrogen and oxygen atoms in total. The maximum Gasteiger partial charge on any atom is 0.0132 e. The van der Waals surface area contributed by atoms with Crippen LogP contribution in [0, 0.1) is 18.3 Å². The largest absolute Gasteiger partial charge is 0.271 e. The van der Waals surface area contributed by atoms with Crippen LogP contribution < -0.4 is 11.3 Å². The number of terminal acetylenes is 1. The Hall–Kier alpha value is -0.520. The fourth-order valence-corrected chi connectivity index (χ4v) is 0.475. The van der Waals surface area contributed by atoms with Gasteiger partial charge in [0.1, 0.15) is 0 Å². The van der Waals surface area contributed by atoms with Crippen LogP contribution in [0.15, 0.2) is 0 Å². The van der Waals surface area contributed by atoms with E-state index in [1.165, 1.54) is 0 Å². The van der Waals surface area contributed by atoms with Gasteiger partial charge in [-0.05, 0) is 5.92 Å². The summed E-state index contributed by atoms with van der Waals surface area (Å²) in [6, 6.07) is 0. The molecule has 1 atom stereocenters. The summed E-state index contributed by atoms with van der Waals surface area (Å²) >= 11 is 0. The van der Waals surface area contributed by atoms with Crippen LogP contribution in [0.5, 0.6) is 0 Å². The topological polar surface area (TPSA) is 38.0 Å². The molecule has 0 bridgehead atoms. The molecule has 0 saturated carbocycles. The van der Waals surface area contributed by atoms with Gasteiger partial charge in [-0.2, -0.15) is 0 Å². The minimum atomic E-state index is 0.491. The SMILES string of the molecule is C#CC[C@@H](C)CNN. The third-order valence-corrected chi connectivity index (χ3v) is 0.933. The molecule has 0 aromatic rings. The molecule has 0 fully saturated rings. The maximum absolute atomic E-state index is 5.04. The van der Waals surface area contributed by atoms with Crippen LogP contribution in [0.1, 0.15) is 13.3 Å². The van der Waals surface area contributed by atoms with Crippen molar-refractivity contribution in [2.45, 2.75) is 13.3 Å². The average Bonchev–Trinajstić information content (AvgIpc) is 1.68. The number of hydrogen-bond donors (Lipinski definition) is 2. The lowest BCUT2D eigenvalue weighted by atomic mass is 10.1. The van der Waals surface area contributed by atoms with Gasteiger partial charge >= 0.3 is 0 Å². The second-order valence-corrected chi connectivity index (χ2v) is 1.92. The number of hydrogen-bond acceptors (Lipinski definition) is 2. The first kappa shape index (κ1) is 7.48. The Labute approximate surface area is 50.4 Å². The van der Waals surface area contributed by atoms with Crippen LogP contribution in [0.25, 0.3) is 0 Å². The molecule has 0 amide bonds. The van der Waals surface area contributed by atoms with Crippen LogP contribution >= 0.6 is 0 Å². The molecule has 0 aromatic heterocycles. The minimum Gasteiger partial charge on any atom is -0.271 e. The Bertz CT molecular complexity index is 83.0. The Morgan fingerprint density at radius 3 is 2.88 bits per heavy atom. The van der Waals surface area contributed by atoms with E-state index >= 15 is 0 Å². The molecular weight excluding hydrogens is 100 g/mol. The van der Waals surface area contributed by atoms with E-state index < -0.39 is 0 Å². The van der Waals surface area contributed by atoms with E-state index in [9.17, 15) is 0 Å². The third kappa shape index (κ3) is 3.66. The molecule has 0 aliphatic heterocycles. The van der Waals surface area contributed by atoms with Gasteiger partial charge < -0.3 is 0 Å². The van der Waals surface area contributed by atoms with Crippen molar-refractivity contribution in [2.75, 3.05) is 6.54 Å². The molecule has 0 aliphatic carbocycles. The summed E-state index contributed by atoms with van der Waals surface area (Å²) in [6.07, 6.45) is 5.84. The fourth-order valence-electron chi connectivity index (χ4n) is 0.475. The van der Waals surface area contributed by atoms with E-state index in [1.807, 2.05) is 0 Å². The van der Waals surface area contributed by atoms with Crippen molar-refractivity contribution in [3.05, 3.63) is 0 Å². The molecule has 2 heteroatoms. The van der Waals surface area contributed by atoms with E-state index in [1.54, 1.807) is 0 Å². The first-order valence-electron chi connectivity index (χ1n) is 2.68.